The van der Waals surface area contributed by atoms with Crippen molar-refractivity contribution in [2.24, 2.45) is 0 Å². The zero-order chi connectivity index (χ0) is 25.7. The number of aliphatic hydroxyl groups is 1. The molecule has 5 nitrogen and oxygen atoms in total. The number of amides is 2. The molecular formula is C30H46N2O3. The van der Waals surface area contributed by atoms with Crippen molar-refractivity contribution in [1.82, 2.24) is 10.6 Å². The van der Waals surface area contributed by atoms with Crippen LogP contribution in [0.3, 0.4) is 0 Å². The Balaban J connectivity index is 0.000000351. The standard InChI is InChI=1S/C15H23NO2.C15H23NO/c1-2-13-7-6-8-14(11-13)12-16-15(18)9-4-3-5-10-17;1-3-4-5-6-7-12-16-15(17)14-10-8-13(2)9-11-14/h6-8,11,17H,2-5,9-10,12H2,1H3,(H,16,18);8-11H,3-7,12H2,1-2H3,(H,16,17). The highest BCUT2D eigenvalue weighted by Gasteiger charge is 2.03. The van der Waals surface area contributed by atoms with Crippen molar-refractivity contribution in [3.63, 3.8) is 0 Å². The maximum absolute atomic E-state index is 11.7. The minimum absolute atomic E-state index is 0.0421. The molecule has 0 atom stereocenters. The van der Waals surface area contributed by atoms with Crippen LogP contribution in [0.5, 0.6) is 0 Å². The number of hydrogen-bond acceptors (Lipinski definition) is 3. The van der Waals surface area contributed by atoms with Crippen molar-refractivity contribution >= 4 is 11.8 Å². The number of rotatable bonds is 15. The molecule has 0 saturated carbocycles. The maximum Gasteiger partial charge on any atom is 0.251 e. The third kappa shape index (κ3) is 15.0. The molecule has 2 aromatic rings. The lowest BCUT2D eigenvalue weighted by molar-refractivity contribution is -0.121. The Morgan fingerprint density at radius 3 is 2.17 bits per heavy atom. The molecule has 0 radical (unpaired) electrons. The molecule has 2 amide bonds. The molecule has 0 aromatic heterocycles. The first-order valence-electron chi connectivity index (χ1n) is 13.3. The molecule has 2 aromatic carbocycles. The van der Waals surface area contributed by atoms with Crippen LogP contribution in [-0.4, -0.2) is 30.1 Å². The van der Waals surface area contributed by atoms with Crippen LogP contribution in [0.25, 0.3) is 0 Å². The zero-order valence-electron chi connectivity index (χ0n) is 22.1. The summed E-state index contributed by atoms with van der Waals surface area (Å²) >= 11 is 0. The lowest BCUT2D eigenvalue weighted by Crippen LogP contribution is -2.24. The summed E-state index contributed by atoms with van der Waals surface area (Å²) in [4.78, 5) is 23.3. The number of aliphatic hydroxyl groups excluding tert-OH is 1. The van der Waals surface area contributed by atoms with E-state index in [4.69, 9.17) is 5.11 Å². The highest BCUT2D eigenvalue weighted by atomic mass is 16.3. The van der Waals surface area contributed by atoms with Gasteiger partial charge in [-0.2, -0.15) is 0 Å². The van der Waals surface area contributed by atoms with E-state index in [-0.39, 0.29) is 18.4 Å². The Kier molecular flexibility index (Phi) is 17.0. The average Bonchev–Trinajstić information content (AvgIpc) is 2.88. The van der Waals surface area contributed by atoms with Crippen molar-refractivity contribution < 1.29 is 14.7 Å². The van der Waals surface area contributed by atoms with Crippen LogP contribution >= 0.6 is 0 Å². The molecule has 2 rings (SSSR count). The fourth-order valence-corrected chi connectivity index (χ4v) is 3.56. The van der Waals surface area contributed by atoms with E-state index >= 15 is 0 Å². The number of unbranched alkanes of at least 4 members (excludes halogenated alkanes) is 6. The van der Waals surface area contributed by atoms with E-state index in [0.29, 0.717) is 13.0 Å². The van der Waals surface area contributed by atoms with Gasteiger partial charge in [0.2, 0.25) is 5.91 Å². The molecule has 0 saturated heterocycles. The van der Waals surface area contributed by atoms with E-state index in [1.54, 1.807) is 0 Å². The molecular weight excluding hydrogens is 436 g/mol. The summed E-state index contributed by atoms with van der Waals surface area (Å²) in [6.45, 7) is 7.96. The second-order valence-corrected chi connectivity index (χ2v) is 9.02. The highest BCUT2D eigenvalue weighted by molar-refractivity contribution is 5.94. The number of carbonyl (C=O) groups is 2. The first kappa shape index (κ1) is 30.4. The molecule has 194 valence electrons. The summed E-state index contributed by atoms with van der Waals surface area (Å²) in [7, 11) is 0. The summed E-state index contributed by atoms with van der Waals surface area (Å²) in [5.74, 6) is 0.135. The van der Waals surface area contributed by atoms with Crippen LogP contribution < -0.4 is 10.6 Å². The van der Waals surface area contributed by atoms with Crippen LogP contribution in [0.1, 0.15) is 98.7 Å². The van der Waals surface area contributed by atoms with Crippen molar-refractivity contribution in [3.8, 4) is 0 Å². The Bertz CT molecular complexity index is 834. The largest absolute Gasteiger partial charge is 0.396 e. The van der Waals surface area contributed by atoms with Gasteiger partial charge in [0.05, 0.1) is 0 Å². The summed E-state index contributed by atoms with van der Waals surface area (Å²) < 4.78 is 0. The molecule has 0 fully saturated rings. The van der Waals surface area contributed by atoms with E-state index in [1.165, 1.54) is 36.8 Å². The van der Waals surface area contributed by atoms with E-state index in [2.05, 4.69) is 36.6 Å². The number of aryl methyl sites for hydroxylation is 2. The third-order valence-corrected chi connectivity index (χ3v) is 5.83. The third-order valence-electron chi connectivity index (χ3n) is 5.83. The molecule has 0 aliphatic carbocycles. The lowest BCUT2D eigenvalue weighted by Gasteiger charge is -2.06. The zero-order valence-corrected chi connectivity index (χ0v) is 22.1. The summed E-state index contributed by atoms with van der Waals surface area (Å²) in [6, 6.07) is 16.0. The van der Waals surface area contributed by atoms with Gasteiger partial charge in [0.15, 0.2) is 0 Å². The first-order valence-corrected chi connectivity index (χ1v) is 13.3. The minimum atomic E-state index is 0.0421. The molecule has 3 N–H and O–H groups in total. The molecule has 5 heteroatoms. The van der Waals surface area contributed by atoms with Crippen LogP contribution in [-0.2, 0) is 17.8 Å². The van der Waals surface area contributed by atoms with Crippen LogP contribution in [0.2, 0.25) is 0 Å². The SMILES string of the molecule is CCCCCCCNC(=O)c1ccc(C)cc1.CCc1cccc(CNC(=O)CCCCCO)c1. The van der Waals surface area contributed by atoms with Crippen molar-refractivity contribution in [2.75, 3.05) is 13.2 Å². The summed E-state index contributed by atoms with van der Waals surface area (Å²) in [5.41, 5.74) is 4.38. The van der Waals surface area contributed by atoms with Gasteiger partial charge < -0.3 is 15.7 Å². The van der Waals surface area contributed by atoms with Crippen LogP contribution in [0.15, 0.2) is 48.5 Å². The lowest BCUT2D eigenvalue weighted by atomic mass is 10.1. The summed E-state index contributed by atoms with van der Waals surface area (Å²) in [6.07, 6.45) is 10.2. The van der Waals surface area contributed by atoms with Gasteiger partial charge in [-0.25, -0.2) is 0 Å². The fraction of sp³-hybridized carbons (Fsp3) is 0.533. The van der Waals surface area contributed by atoms with Gasteiger partial charge in [-0.05, 0) is 55.9 Å². The van der Waals surface area contributed by atoms with E-state index in [0.717, 1.165) is 49.8 Å². The fourth-order valence-electron chi connectivity index (χ4n) is 3.56. The Labute approximate surface area is 212 Å². The number of nitrogens with one attached hydrogen (secondary N) is 2. The quantitative estimate of drug-likeness (QED) is 0.268. The average molecular weight is 483 g/mol. The Hall–Kier alpha value is -2.66. The van der Waals surface area contributed by atoms with Crippen LogP contribution in [0, 0.1) is 6.92 Å². The normalized spacial score (nSPS) is 10.3. The van der Waals surface area contributed by atoms with Gasteiger partial charge in [-0.15, -0.1) is 0 Å². The van der Waals surface area contributed by atoms with Gasteiger partial charge in [0, 0.05) is 31.7 Å². The van der Waals surface area contributed by atoms with Crippen molar-refractivity contribution in [3.05, 3.63) is 70.8 Å². The number of carbonyl (C=O) groups excluding carboxylic acids is 2. The van der Waals surface area contributed by atoms with E-state index in [9.17, 15) is 9.59 Å². The molecule has 0 aliphatic heterocycles. The molecule has 0 aliphatic rings. The molecule has 0 spiro atoms. The van der Waals surface area contributed by atoms with Gasteiger partial charge in [-0.1, -0.05) is 87.9 Å². The first-order chi connectivity index (χ1) is 17.0. The minimum Gasteiger partial charge on any atom is -0.396 e. The van der Waals surface area contributed by atoms with Crippen LogP contribution in [0.4, 0.5) is 0 Å². The van der Waals surface area contributed by atoms with E-state index in [1.807, 2.05) is 43.3 Å². The van der Waals surface area contributed by atoms with Gasteiger partial charge in [0.1, 0.15) is 0 Å². The summed E-state index contributed by atoms with van der Waals surface area (Å²) in [5, 5.41) is 14.5. The predicted octanol–water partition coefficient (Wildman–Crippen LogP) is 6.11. The topological polar surface area (TPSA) is 78.4 Å². The highest BCUT2D eigenvalue weighted by Crippen LogP contribution is 2.07. The van der Waals surface area contributed by atoms with Gasteiger partial charge >= 0.3 is 0 Å². The monoisotopic (exact) mass is 482 g/mol. The van der Waals surface area contributed by atoms with Gasteiger partial charge in [0.25, 0.3) is 5.91 Å². The molecule has 0 unspecified atom stereocenters. The smallest absolute Gasteiger partial charge is 0.251 e. The second-order valence-electron chi connectivity index (χ2n) is 9.02. The van der Waals surface area contributed by atoms with E-state index < -0.39 is 0 Å². The van der Waals surface area contributed by atoms with Gasteiger partial charge in [-0.3, -0.25) is 9.59 Å². The second kappa shape index (κ2) is 19.6. The maximum atomic E-state index is 11.7. The van der Waals surface area contributed by atoms with Crippen molar-refractivity contribution in [2.45, 2.75) is 91.5 Å². The molecule has 35 heavy (non-hydrogen) atoms. The predicted molar refractivity (Wildman–Crippen MR) is 145 cm³/mol. The molecule has 0 bridgehead atoms. The van der Waals surface area contributed by atoms with Crippen molar-refractivity contribution in [1.29, 1.82) is 0 Å². The Morgan fingerprint density at radius 1 is 0.800 bits per heavy atom. The number of benzene rings is 2. The molecule has 0 heterocycles. The number of hydrogen-bond donors (Lipinski definition) is 3. The Morgan fingerprint density at radius 2 is 1.49 bits per heavy atom.